The zero-order valence-corrected chi connectivity index (χ0v) is 31.9. The maximum absolute atomic E-state index is 2.39. The second-order valence-corrected chi connectivity index (χ2v) is 14.3. The minimum absolute atomic E-state index is 1.02. The van der Waals surface area contributed by atoms with Gasteiger partial charge < -0.3 is 19.3 Å². The Hall–Kier alpha value is -7.82. The molecule has 0 aliphatic heterocycles. The van der Waals surface area contributed by atoms with Crippen LogP contribution in [-0.2, 0) is 0 Å². The predicted octanol–water partition coefficient (Wildman–Crippen LogP) is 15.2. The molecule has 1 aromatic heterocycles. The molecule has 9 aromatic carbocycles. The molecule has 0 saturated carbocycles. The highest BCUT2D eigenvalue weighted by Crippen LogP contribution is 2.46. The van der Waals surface area contributed by atoms with Crippen molar-refractivity contribution in [3.8, 4) is 5.69 Å². The molecule has 4 heteroatoms. The van der Waals surface area contributed by atoms with Gasteiger partial charge in [0, 0.05) is 50.6 Å². The summed E-state index contributed by atoms with van der Waals surface area (Å²) in [6.07, 6.45) is 0. The van der Waals surface area contributed by atoms with Crippen LogP contribution in [0.25, 0.3) is 27.5 Å². The lowest BCUT2D eigenvalue weighted by molar-refractivity contribution is 1.17. The van der Waals surface area contributed by atoms with Gasteiger partial charge in [0.05, 0.1) is 28.1 Å². The van der Waals surface area contributed by atoms with Gasteiger partial charge in [0.1, 0.15) is 0 Å². The zero-order chi connectivity index (χ0) is 38.7. The van der Waals surface area contributed by atoms with E-state index in [4.69, 9.17) is 0 Å². The Balaban J connectivity index is 1.24. The molecule has 4 nitrogen and oxygen atoms in total. The van der Waals surface area contributed by atoms with Gasteiger partial charge in [0.25, 0.3) is 0 Å². The molecule has 0 N–H and O–H groups in total. The number of benzene rings is 9. The fourth-order valence-electron chi connectivity index (χ4n) is 8.17. The van der Waals surface area contributed by atoms with Crippen LogP contribution in [0, 0.1) is 0 Å². The molecule has 0 saturated heterocycles. The van der Waals surface area contributed by atoms with Crippen molar-refractivity contribution in [2.75, 3.05) is 14.7 Å². The number of fused-ring (bicyclic) bond motifs is 3. The van der Waals surface area contributed by atoms with Crippen LogP contribution in [0.5, 0.6) is 0 Å². The molecule has 0 fully saturated rings. The Morgan fingerprint density at radius 3 is 0.879 bits per heavy atom. The van der Waals surface area contributed by atoms with Gasteiger partial charge in [-0.25, -0.2) is 0 Å². The molecule has 1 heterocycles. The van der Waals surface area contributed by atoms with Gasteiger partial charge in [-0.2, -0.15) is 0 Å². The van der Waals surface area contributed by atoms with Crippen molar-refractivity contribution in [2.24, 2.45) is 0 Å². The first kappa shape index (κ1) is 34.7. The highest BCUT2D eigenvalue weighted by molar-refractivity contribution is 6.09. The first-order chi connectivity index (χ1) is 28.8. The summed E-state index contributed by atoms with van der Waals surface area (Å²) in [5, 5.41) is 2.48. The molecule has 10 rings (SSSR count). The quantitative estimate of drug-likeness (QED) is 0.139. The third-order valence-corrected chi connectivity index (χ3v) is 10.7. The number of para-hydroxylation sites is 7. The van der Waals surface area contributed by atoms with Gasteiger partial charge in [-0.05, 0) is 109 Å². The molecule has 0 spiro atoms. The highest BCUT2D eigenvalue weighted by atomic mass is 15.2. The number of nitrogens with zero attached hydrogens (tertiary/aromatic N) is 4. The van der Waals surface area contributed by atoms with E-state index >= 15 is 0 Å². The molecule has 0 aliphatic carbocycles. The summed E-state index contributed by atoms with van der Waals surface area (Å²) >= 11 is 0. The van der Waals surface area contributed by atoms with Crippen molar-refractivity contribution in [1.29, 1.82) is 0 Å². The average Bonchev–Trinajstić information content (AvgIpc) is 3.63. The molecular formula is C54H40N4. The van der Waals surface area contributed by atoms with Crippen molar-refractivity contribution in [1.82, 2.24) is 4.57 Å². The summed E-state index contributed by atoms with van der Waals surface area (Å²) in [6, 6.07) is 86.5. The zero-order valence-electron chi connectivity index (χ0n) is 31.9. The van der Waals surface area contributed by atoms with Crippen LogP contribution in [0.2, 0.25) is 0 Å². The lowest BCUT2D eigenvalue weighted by atomic mass is 10.1. The number of anilines is 9. The fourth-order valence-corrected chi connectivity index (χ4v) is 8.17. The number of aromatic nitrogens is 1. The summed E-state index contributed by atoms with van der Waals surface area (Å²) in [5.41, 5.74) is 12.9. The van der Waals surface area contributed by atoms with Crippen LogP contribution in [0.15, 0.2) is 243 Å². The molecule has 0 unspecified atom stereocenters. The molecule has 0 aliphatic rings. The van der Waals surface area contributed by atoms with Crippen molar-refractivity contribution in [3.63, 3.8) is 0 Å². The summed E-state index contributed by atoms with van der Waals surface area (Å²) < 4.78 is 2.39. The smallest absolute Gasteiger partial charge is 0.0541 e. The number of hydrogen-bond acceptors (Lipinski definition) is 3. The Morgan fingerprint density at radius 1 is 0.224 bits per heavy atom. The lowest BCUT2D eigenvalue weighted by Crippen LogP contribution is -2.16. The first-order valence-electron chi connectivity index (χ1n) is 19.7. The van der Waals surface area contributed by atoms with E-state index in [9.17, 15) is 0 Å². The third-order valence-electron chi connectivity index (χ3n) is 10.7. The Morgan fingerprint density at radius 2 is 0.517 bits per heavy atom. The summed E-state index contributed by atoms with van der Waals surface area (Å²) in [7, 11) is 0. The van der Waals surface area contributed by atoms with Crippen LogP contribution in [-0.4, -0.2) is 4.57 Å². The van der Waals surface area contributed by atoms with E-state index in [1.165, 1.54) is 21.8 Å². The minimum Gasteiger partial charge on any atom is -0.310 e. The van der Waals surface area contributed by atoms with Gasteiger partial charge in [-0.1, -0.05) is 133 Å². The van der Waals surface area contributed by atoms with Gasteiger partial charge in [-0.3, -0.25) is 0 Å². The SMILES string of the molecule is c1ccc(N(c2ccccc2)c2cc(N(c3ccccc3)c3ccccc3)cc(N(c3ccccc3)c3cccc(-n4c5ccccc5c5ccccc54)c3)c2)cc1. The topological polar surface area (TPSA) is 14.7 Å². The van der Waals surface area contributed by atoms with Gasteiger partial charge >= 0.3 is 0 Å². The Kier molecular flexibility index (Phi) is 9.18. The molecule has 10 aromatic rings. The Bertz CT molecular complexity index is 2710. The first-order valence-corrected chi connectivity index (χ1v) is 19.7. The standard InChI is InChI=1S/C54H40N4/c1-6-21-41(22-7-1)55(42-23-8-2-9-24-42)48-38-49(56(43-25-10-3-11-26-43)44-27-12-4-13-28-44)40-50(39-48)57(45-29-14-5-15-30-45)46-31-20-32-47(37-46)58-53-35-18-16-33-51(53)52-34-17-19-36-54(52)58/h1-40H. The fraction of sp³-hybridized carbons (Fsp3) is 0. The lowest BCUT2D eigenvalue weighted by Gasteiger charge is -2.33. The number of hydrogen-bond donors (Lipinski definition) is 0. The second kappa shape index (κ2) is 15.4. The van der Waals surface area contributed by atoms with E-state index in [0.717, 1.165) is 56.9 Å². The third kappa shape index (κ3) is 6.53. The molecule has 0 bridgehead atoms. The van der Waals surface area contributed by atoms with E-state index < -0.39 is 0 Å². The van der Waals surface area contributed by atoms with E-state index in [1.807, 2.05) is 0 Å². The monoisotopic (exact) mass is 744 g/mol. The summed E-state index contributed by atoms with van der Waals surface area (Å²) in [4.78, 5) is 7.07. The maximum Gasteiger partial charge on any atom is 0.0541 e. The average molecular weight is 745 g/mol. The minimum atomic E-state index is 1.02. The second-order valence-electron chi connectivity index (χ2n) is 14.3. The molecular weight excluding hydrogens is 705 g/mol. The van der Waals surface area contributed by atoms with E-state index in [-0.39, 0.29) is 0 Å². The molecule has 0 amide bonds. The summed E-state index contributed by atoms with van der Waals surface area (Å²) in [5.74, 6) is 0. The van der Waals surface area contributed by atoms with Gasteiger partial charge in [0.15, 0.2) is 0 Å². The largest absolute Gasteiger partial charge is 0.310 e. The highest BCUT2D eigenvalue weighted by Gasteiger charge is 2.23. The van der Waals surface area contributed by atoms with Crippen molar-refractivity contribution < 1.29 is 0 Å². The van der Waals surface area contributed by atoms with E-state index in [1.54, 1.807) is 0 Å². The van der Waals surface area contributed by atoms with E-state index in [0.29, 0.717) is 0 Å². The maximum atomic E-state index is 2.39. The van der Waals surface area contributed by atoms with Crippen molar-refractivity contribution >= 4 is 73.0 Å². The molecule has 0 atom stereocenters. The van der Waals surface area contributed by atoms with Crippen LogP contribution in [0.4, 0.5) is 51.2 Å². The van der Waals surface area contributed by atoms with Crippen LogP contribution in [0.1, 0.15) is 0 Å². The van der Waals surface area contributed by atoms with Gasteiger partial charge in [-0.15, -0.1) is 0 Å². The van der Waals surface area contributed by atoms with Crippen molar-refractivity contribution in [2.45, 2.75) is 0 Å². The van der Waals surface area contributed by atoms with Crippen LogP contribution < -0.4 is 14.7 Å². The predicted molar refractivity (Wildman–Crippen MR) is 245 cm³/mol. The molecule has 0 radical (unpaired) electrons. The summed E-state index contributed by atoms with van der Waals surface area (Å²) in [6.45, 7) is 0. The normalized spacial score (nSPS) is 11.1. The Labute approximate surface area is 339 Å². The van der Waals surface area contributed by atoms with Crippen LogP contribution >= 0.6 is 0 Å². The van der Waals surface area contributed by atoms with Crippen LogP contribution in [0.3, 0.4) is 0 Å². The molecule has 58 heavy (non-hydrogen) atoms. The number of rotatable bonds is 10. The van der Waals surface area contributed by atoms with Gasteiger partial charge in [0.2, 0.25) is 0 Å². The molecule has 276 valence electrons. The van der Waals surface area contributed by atoms with E-state index in [2.05, 4.69) is 262 Å². The van der Waals surface area contributed by atoms with Crippen molar-refractivity contribution in [3.05, 3.63) is 243 Å².